The van der Waals surface area contributed by atoms with Crippen molar-refractivity contribution >= 4 is 5.97 Å². The van der Waals surface area contributed by atoms with E-state index in [4.69, 9.17) is 9.84 Å². The second-order valence-electron chi connectivity index (χ2n) is 4.59. The highest BCUT2D eigenvalue weighted by Crippen LogP contribution is 2.19. The fourth-order valence-corrected chi connectivity index (χ4v) is 1.86. The minimum absolute atomic E-state index is 0.0121. The van der Waals surface area contributed by atoms with Crippen LogP contribution in [0.5, 0.6) is 5.75 Å². The summed E-state index contributed by atoms with van der Waals surface area (Å²) in [7, 11) is 0. The van der Waals surface area contributed by atoms with E-state index < -0.39 is 5.97 Å². The molecule has 0 spiro atoms. The Hall–Kier alpha value is -2.36. The van der Waals surface area contributed by atoms with Gasteiger partial charge in [0.1, 0.15) is 18.2 Å². The van der Waals surface area contributed by atoms with Crippen LogP contribution in [0.25, 0.3) is 0 Å². The molecule has 0 aliphatic heterocycles. The normalized spacial score (nSPS) is 10.3. The number of halogens is 1. The van der Waals surface area contributed by atoms with E-state index in [2.05, 4.69) is 0 Å². The van der Waals surface area contributed by atoms with Crippen LogP contribution in [0.2, 0.25) is 0 Å². The molecule has 104 valence electrons. The molecule has 0 unspecified atom stereocenters. The van der Waals surface area contributed by atoms with E-state index >= 15 is 0 Å². The van der Waals surface area contributed by atoms with Gasteiger partial charge in [-0.1, -0.05) is 24.3 Å². The lowest BCUT2D eigenvalue weighted by Gasteiger charge is -2.09. The number of carboxylic acids is 1. The SMILES string of the molecule is Cc1cc(F)ccc1OCc1ccc(CC(=O)O)cc1. The molecule has 0 fully saturated rings. The Labute approximate surface area is 116 Å². The molecule has 0 aliphatic rings. The van der Waals surface area contributed by atoms with Gasteiger partial charge in [-0.3, -0.25) is 4.79 Å². The van der Waals surface area contributed by atoms with Gasteiger partial charge in [0.15, 0.2) is 0 Å². The summed E-state index contributed by atoms with van der Waals surface area (Å²) in [5.74, 6) is -0.496. The lowest BCUT2D eigenvalue weighted by Crippen LogP contribution is -2.01. The van der Waals surface area contributed by atoms with E-state index in [-0.39, 0.29) is 12.2 Å². The minimum Gasteiger partial charge on any atom is -0.489 e. The van der Waals surface area contributed by atoms with Crippen LogP contribution in [-0.2, 0) is 17.8 Å². The van der Waals surface area contributed by atoms with Gasteiger partial charge >= 0.3 is 5.97 Å². The first-order valence-corrected chi connectivity index (χ1v) is 6.23. The molecule has 0 bridgehead atoms. The van der Waals surface area contributed by atoms with E-state index in [1.165, 1.54) is 12.1 Å². The molecule has 2 aromatic rings. The molecule has 0 radical (unpaired) electrons. The van der Waals surface area contributed by atoms with E-state index in [1.54, 1.807) is 25.1 Å². The molecule has 3 nitrogen and oxygen atoms in total. The van der Waals surface area contributed by atoms with Crippen molar-refractivity contribution in [1.29, 1.82) is 0 Å². The van der Waals surface area contributed by atoms with Crippen molar-refractivity contribution in [2.75, 3.05) is 0 Å². The first kappa shape index (κ1) is 14.1. The third kappa shape index (κ3) is 3.82. The average Bonchev–Trinajstić information content (AvgIpc) is 2.39. The topological polar surface area (TPSA) is 46.5 Å². The molecule has 4 heteroatoms. The summed E-state index contributed by atoms with van der Waals surface area (Å²) in [5.41, 5.74) is 2.43. The molecular formula is C16H15FO3. The van der Waals surface area contributed by atoms with Crippen molar-refractivity contribution in [1.82, 2.24) is 0 Å². The van der Waals surface area contributed by atoms with Crippen molar-refractivity contribution in [2.45, 2.75) is 20.0 Å². The van der Waals surface area contributed by atoms with Gasteiger partial charge in [-0.05, 0) is 41.8 Å². The van der Waals surface area contributed by atoms with E-state index in [9.17, 15) is 9.18 Å². The predicted octanol–water partition coefficient (Wildman–Crippen LogP) is 3.34. The molecule has 0 atom stereocenters. The number of carboxylic acid groups (broad SMARTS) is 1. The molecule has 0 saturated carbocycles. The maximum absolute atomic E-state index is 13.0. The molecular weight excluding hydrogens is 259 g/mol. The summed E-state index contributed by atoms with van der Waals surface area (Å²) in [6, 6.07) is 11.6. The summed E-state index contributed by atoms with van der Waals surface area (Å²) < 4.78 is 18.6. The standard InChI is InChI=1S/C16H15FO3/c1-11-8-14(17)6-7-15(11)20-10-13-4-2-12(3-5-13)9-16(18)19/h2-8H,9-10H2,1H3,(H,18,19). The van der Waals surface area contributed by atoms with E-state index in [0.29, 0.717) is 12.4 Å². The lowest BCUT2D eigenvalue weighted by molar-refractivity contribution is -0.136. The summed E-state index contributed by atoms with van der Waals surface area (Å²) in [6.45, 7) is 2.15. The van der Waals surface area contributed by atoms with Crippen LogP contribution in [0, 0.1) is 12.7 Å². The molecule has 0 aromatic heterocycles. The Bertz CT molecular complexity index is 606. The zero-order valence-corrected chi connectivity index (χ0v) is 11.1. The smallest absolute Gasteiger partial charge is 0.307 e. The monoisotopic (exact) mass is 274 g/mol. The highest BCUT2D eigenvalue weighted by atomic mass is 19.1. The molecule has 0 saturated heterocycles. The van der Waals surface area contributed by atoms with Gasteiger partial charge in [-0.25, -0.2) is 4.39 Å². The van der Waals surface area contributed by atoms with Gasteiger partial charge < -0.3 is 9.84 Å². The third-order valence-electron chi connectivity index (χ3n) is 2.91. The Morgan fingerprint density at radius 1 is 1.15 bits per heavy atom. The summed E-state index contributed by atoms with van der Waals surface area (Å²) in [6.07, 6.45) is 0.0121. The highest BCUT2D eigenvalue weighted by Gasteiger charge is 2.03. The van der Waals surface area contributed by atoms with Gasteiger partial charge in [0.05, 0.1) is 6.42 Å². The number of hydrogen-bond acceptors (Lipinski definition) is 2. The van der Waals surface area contributed by atoms with Crippen LogP contribution in [-0.4, -0.2) is 11.1 Å². The molecule has 20 heavy (non-hydrogen) atoms. The number of hydrogen-bond donors (Lipinski definition) is 1. The number of aliphatic carboxylic acids is 1. The van der Waals surface area contributed by atoms with Crippen LogP contribution in [0.15, 0.2) is 42.5 Å². The number of carbonyl (C=O) groups is 1. The number of ether oxygens (including phenoxy) is 1. The van der Waals surface area contributed by atoms with Crippen LogP contribution >= 0.6 is 0 Å². The Balaban J connectivity index is 1.98. The zero-order chi connectivity index (χ0) is 14.5. The molecule has 2 rings (SSSR count). The van der Waals surface area contributed by atoms with Gasteiger partial charge in [-0.2, -0.15) is 0 Å². The van der Waals surface area contributed by atoms with Crippen LogP contribution in [0.3, 0.4) is 0 Å². The van der Waals surface area contributed by atoms with Gasteiger partial charge in [0.2, 0.25) is 0 Å². The summed E-state index contributed by atoms with van der Waals surface area (Å²) >= 11 is 0. The van der Waals surface area contributed by atoms with Crippen LogP contribution < -0.4 is 4.74 Å². The molecule has 2 aromatic carbocycles. The molecule has 0 amide bonds. The fraction of sp³-hybridized carbons (Fsp3) is 0.188. The summed E-state index contributed by atoms with van der Waals surface area (Å²) in [4.78, 5) is 10.6. The number of aryl methyl sites for hydroxylation is 1. The number of rotatable bonds is 5. The van der Waals surface area contributed by atoms with E-state index in [0.717, 1.165) is 16.7 Å². The Kier molecular flexibility index (Phi) is 4.35. The Morgan fingerprint density at radius 2 is 1.80 bits per heavy atom. The highest BCUT2D eigenvalue weighted by molar-refractivity contribution is 5.70. The van der Waals surface area contributed by atoms with Crippen molar-refractivity contribution in [2.24, 2.45) is 0 Å². The van der Waals surface area contributed by atoms with Crippen molar-refractivity contribution in [3.63, 3.8) is 0 Å². The Morgan fingerprint density at radius 3 is 2.40 bits per heavy atom. The fourth-order valence-electron chi connectivity index (χ4n) is 1.86. The first-order valence-electron chi connectivity index (χ1n) is 6.23. The van der Waals surface area contributed by atoms with Gasteiger partial charge in [0, 0.05) is 0 Å². The largest absolute Gasteiger partial charge is 0.489 e. The molecule has 1 N–H and O–H groups in total. The molecule has 0 aliphatic carbocycles. The third-order valence-corrected chi connectivity index (χ3v) is 2.91. The predicted molar refractivity (Wildman–Crippen MR) is 73.3 cm³/mol. The number of benzene rings is 2. The van der Waals surface area contributed by atoms with Gasteiger partial charge in [0.25, 0.3) is 0 Å². The van der Waals surface area contributed by atoms with Crippen molar-refractivity contribution < 1.29 is 19.0 Å². The van der Waals surface area contributed by atoms with Crippen LogP contribution in [0.4, 0.5) is 4.39 Å². The van der Waals surface area contributed by atoms with Gasteiger partial charge in [-0.15, -0.1) is 0 Å². The van der Waals surface area contributed by atoms with Crippen molar-refractivity contribution in [3.05, 3.63) is 65.0 Å². The molecule has 0 heterocycles. The van der Waals surface area contributed by atoms with E-state index in [1.807, 2.05) is 12.1 Å². The summed E-state index contributed by atoms with van der Waals surface area (Å²) in [5, 5.41) is 8.69. The maximum atomic E-state index is 13.0. The van der Waals surface area contributed by atoms with Crippen LogP contribution in [0.1, 0.15) is 16.7 Å². The second-order valence-corrected chi connectivity index (χ2v) is 4.59. The lowest BCUT2D eigenvalue weighted by atomic mass is 10.1. The maximum Gasteiger partial charge on any atom is 0.307 e. The minimum atomic E-state index is -0.851. The average molecular weight is 274 g/mol. The quantitative estimate of drug-likeness (QED) is 0.909. The van der Waals surface area contributed by atoms with Crippen molar-refractivity contribution in [3.8, 4) is 5.75 Å². The zero-order valence-electron chi connectivity index (χ0n) is 11.1. The second kappa shape index (κ2) is 6.19. The first-order chi connectivity index (χ1) is 9.54.